The second kappa shape index (κ2) is 4.10. The van der Waals surface area contributed by atoms with E-state index < -0.39 is 0 Å². The van der Waals surface area contributed by atoms with Crippen LogP contribution in [0.2, 0.25) is 0 Å². The Morgan fingerprint density at radius 2 is 1.65 bits per heavy atom. The van der Waals surface area contributed by atoms with Gasteiger partial charge in [0.05, 0.1) is 0 Å². The predicted molar refractivity (Wildman–Crippen MR) is 81.4 cm³/mol. The van der Waals surface area contributed by atoms with Gasteiger partial charge in [-0.15, -0.1) is 0 Å². The zero-order valence-electron chi connectivity index (χ0n) is 10.7. The molecule has 0 aliphatic rings. The van der Waals surface area contributed by atoms with Gasteiger partial charge in [-0.2, -0.15) is 0 Å². The minimum absolute atomic E-state index is 0.643. The van der Waals surface area contributed by atoms with Gasteiger partial charge >= 0.3 is 0 Å². The van der Waals surface area contributed by atoms with E-state index in [-0.39, 0.29) is 0 Å². The summed E-state index contributed by atoms with van der Waals surface area (Å²) in [5.41, 5.74) is 9.21. The number of aromatic nitrogens is 1. The Hall–Kier alpha value is -2.81. The number of fused-ring (bicyclic) bond motifs is 2. The Bertz CT molecular complexity index is 891. The van der Waals surface area contributed by atoms with Crippen LogP contribution in [0.25, 0.3) is 33.3 Å². The molecule has 4 rings (SSSR count). The number of hydrogen-bond donors (Lipinski definition) is 1. The standard InChI is InChI=1S/C17H12N2O/c18-14-8-7-11-9-13(6-5-12(11)10-14)17-19-15-3-1-2-4-16(15)20-17/h1-10H,18H2. The number of nitrogen functional groups attached to an aromatic ring is 1. The summed E-state index contributed by atoms with van der Waals surface area (Å²) < 4.78 is 5.79. The first-order chi connectivity index (χ1) is 9.79. The molecule has 1 heterocycles. The number of hydrogen-bond acceptors (Lipinski definition) is 3. The van der Waals surface area contributed by atoms with Gasteiger partial charge in [0.1, 0.15) is 5.52 Å². The van der Waals surface area contributed by atoms with E-state index in [0.717, 1.165) is 33.1 Å². The number of benzene rings is 3. The lowest BCUT2D eigenvalue weighted by atomic mass is 10.1. The van der Waals surface area contributed by atoms with Crippen molar-refractivity contribution in [1.29, 1.82) is 0 Å². The van der Waals surface area contributed by atoms with E-state index in [2.05, 4.69) is 11.1 Å². The van der Waals surface area contributed by atoms with Crippen molar-refractivity contribution in [2.75, 3.05) is 5.73 Å². The Morgan fingerprint density at radius 1 is 0.850 bits per heavy atom. The van der Waals surface area contributed by atoms with Crippen molar-refractivity contribution in [3.8, 4) is 11.5 Å². The summed E-state index contributed by atoms with van der Waals surface area (Å²) in [5.74, 6) is 0.643. The lowest BCUT2D eigenvalue weighted by Crippen LogP contribution is -1.84. The van der Waals surface area contributed by atoms with Crippen LogP contribution in [0.4, 0.5) is 5.69 Å². The van der Waals surface area contributed by atoms with Gasteiger partial charge in [0.25, 0.3) is 0 Å². The predicted octanol–water partition coefficient (Wildman–Crippen LogP) is 4.23. The summed E-state index contributed by atoms with van der Waals surface area (Å²) in [4.78, 5) is 4.52. The smallest absolute Gasteiger partial charge is 0.227 e. The molecule has 0 unspecified atom stereocenters. The van der Waals surface area contributed by atoms with E-state index in [1.54, 1.807) is 0 Å². The quantitative estimate of drug-likeness (QED) is 0.521. The van der Waals surface area contributed by atoms with Crippen LogP contribution in [0.5, 0.6) is 0 Å². The van der Waals surface area contributed by atoms with Crippen LogP contribution >= 0.6 is 0 Å². The first kappa shape index (κ1) is 11.1. The van der Waals surface area contributed by atoms with Crippen LogP contribution in [0.3, 0.4) is 0 Å². The van der Waals surface area contributed by atoms with Crippen molar-refractivity contribution >= 4 is 27.6 Å². The lowest BCUT2D eigenvalue weighted by Gasteiger charge is -2.01. The first-order valence-electron chi connectivity index (χ1n) is 6.45. The molecule has 0 saturated carbocycles. The summed E-state index contributed by atoms with van der Waals surface area (Å²) in [5, 5.41) is 2.24. The third-order valence-corrected chi connectivity index (χ3v) is 3.41. The summed E-state index contributed by atoms with van der Waals surface area (Å²) >= 11 is 0. The van der Waals surface area contributed by atoms with E-state index in [1.807, 2.05) is 54.6 Å². The molecule has 0 aliphatic heterocycles. The maximum atomic E-state index is 5.79. The first-order valence-corrected chi connectivity index (χ1v) is 6.45. The molecule has 20 heavy (non-hydrogen) atoms. The third-order valence-electron chi connectivity index (χ3n) is 3.41. The van der Waals surface area contributed by atoms with Crippen molar-refractivity contribution in [1.82, 2.24) is 4.98 Å². The molecular weight excluding hydrogens is 248 g/mol. The molecule has 0 atom stereocenters. The van der Waals surface area contributed by atoms with Gasteiger partial charge < -0.3 is 10.2 Å². The van der Waals surface area contributed by atoms with Crippen molar-refractivity contribution in [2.24, 2.45) is 0 Å². The number of nitrogens with two attached hydrogens (primary N) is 1. The van der Waals surface area contributed by atoms with Crippen molar-refractivity contribution in [2.45, 2.75) is 0 Å². The number of para-hydroxylation sites is 2. The van der Waals surface area contributed by atoms with Crippen LogP contribution in [0, 0.1) is 0 Å². The van der Waals surface area contributed by atoms with Gasteiger partial charge in [-0.3, -0.25) is 0 Å². The van der Waals surface area contributed by atoms with Crippen molar-refractivity contribution < 1.29 is 4.42 Å². The minimum atomic E-state index is 0.643. The van der Waals surface area contributed by atoms with Gasteiger partial charge in [-0.1, -0.05) is 24.3 Å². The molecule has 3 aromatic carbocycles. The Labute approximate surface area is 115 Å². The molecule has 0 aliphatic carbocycles. The second-order valence-electron chi connectivity index (χ2n) is 4.81. The monoisotopic (exact) mass is 260 g/mol. The molecule has 4 aromatic rings. The van der Waals surface area contributed by atoms with Crippen LogP contribution in [-0.4, -0.2) is 4.98 Å². The van der Waals surface area contributed by atoms with Crippen LogP contribution in [0.15, 0.2) is 65.1 Å². The summed E-state index contributed by atoms with van der Waals surface area (Å²) in [6, 6.07) is 19.8. The Kier molecular flexibility index (Phi) is 2.27. The van der Waals surface area contributed by atoms with Crippen molar-refractivity contribution in [3.05, 3.63) is 60.7 Å². The number of rotatable bonds is 1. The van der Waals surface area contributed by atoms with Gasteiger partial charge in [-0.25, -0.2) is 4.98 Å². The van der Waals surface area contributed by atoms with Crippen LogP contribution in [-0.2, 0) is 0 Å². The fourth-order valence-electron chi connectivity index (χ4n) is 2.39. The second-order valence-corrected chi connectivity index (χ2v) is 4.81. The maximum absolute atomic E-state index is 5.79. The maximum Gasteiger partial charge on any atom is 0.227 e. The van der Waals surface area contributed by atoms with Gasteiger partial charge in [0.2, 0.25) is 5.89 Å². The van der Waals surface area contributed by atoms with E-state index in [1.165, 1.54) is 0 Å². The highest BCUT2D eigenvalue weighted by atomic mass is 16.3. The Morgan fingerprint density at radius 3 is 2.55 bits per heavy atom. The average molecular weight is 260 g/mol. The number of nitrogens with zero attached hydrogens (tertiary/aromatic N) is 1. The van der Waals surface area contributed by atoms with Gasteiger partial charge in [-0.05, 0) is 47.2 Å². The highest BCUT2D eigenvalue weighted by Gasteiger charge is 2.08. The fourth-order valence-corrected chi connectivity index (χ4v) is 2.39. The highest BCUT2D eigenvalue weighted by Crippen LogP contribution is 2.27. The zero-order valence-corrected chi connectivity index (χ0v) is 10.7. The molecule has 0 bridgehead atoms. The minimum Gasteiger partial charge on any atom is -0.436 e. The molecule has 96 valence electrons. The Balaban J connectivity index is 1.90. The summed E-state index contributed by atoms with van der Waals surface area (Å²) in [7, 11) is 0. The molecule has 1 aromatic heterocycles. The van der Waals surface area contributed by atoms with Crippen LogP contribution < -0.4 is 5.73 Å². The molecule has 0 radical (unpaired) electrons. The fraction of sp³-hybridized carbons (Fsp3) is 0. The normalized spacial score (nSPS) is 11.2. The van der Waals surface area contributed by atoms with E-state index in [4.69, 9.17) is 10.2 Å². The molecule has 2 N–H and O–H groups in total. The van der Waals surface area contributed by atoms with E-state index in [0.29, 0.717) is 5.89 Å². The molecule has 0 spiro atoms. The van der Waals surface area contributed by atoms with Crippen molar-refractivity contribution in [3.63, 3.8) is 0 Å². The lowest BCUT2D eigenvalue weighted by molar-refractivity contribution is 0.620. The summed E-state index contributed by atoms with van der Waals surface area (Å²) in [6.45, 7) is 0. The zero-order chi connectivity index (χ0) is 13.5. The topological polar surface area (TPSA) is 52.0 Å². The van der Waals surface area contributed by atoms with E-state index >= 15 is 0 Å². The number of oxazole rings is 1. The largest absolute Gasteiger partial charge is 0.436 e. The third kappa shape index (κ3) is 1.72. The van der Waals surface area contributed by atoms with Crippen LogP contribution in [0.1, 0.15) is 0 Å². The summed E-state index contributed by atoms with van der Waals surface area (Å²) in [6.07, 6.45) is 0. The molecular formula is C17H12N2O. The van der Waals surface area contributed by atoms with E-state index in [9.17, 15) is 0 Å². The van der Waals surface area contributed by atoms with Gasteiger partial charge in [0, 0.05) is 11.3 Å². The molecule has 0 amide bonds. The average Bonchev–Trinajstić information content (AvgIpc) is 2.90. The van der Waals surface area contributed by atoms with Gasteiger partial charge in [0.15, 0.2) is 5.58 Å². The number of anilines is 1. The highest BCUT2D eigenvalue weighted by molar-refractivity contribution is 5.89. The SMILES string of the molecule is Nc1ccc2cc(-c3nc4ccccc4o3)ccc2c1. The molecule has 0 fully saturated rings. The molecule has 3 nitrogen and oxygen atoms in total. The molecule has 0 saturated heterocycles. The molecule has 3 heteroatoms.